The number of aromatic nitrogens is 1. The van der Waals surface area contributed by atoms with Gasteiger partial charge in [-0.3, -0.25) is 5.41 Å². The van der Waals surface area contributed by atoms with Crippen molar-refractivity contribution in [3.8, 4) is 11.6 Å². The van der Waals surface area contributed by atoms with E-state index in [4.69, 9.17) is 15.9 Å². The zero-order valence-corrected chi connectivity index (χ0v) is 11.0. The van der Waals surface area contributed by atoms with Crippen molar-refractivity contribution in [1.29, 1.82) is 5.41 Å². The first kappa shape index (κ1) is 14.8. The van der Waals surface area contributed by atoms with E-state index in [2.05, 4.69) is 4.98 Å². The predicted octanol–water partition coefficient (Wildman–Crippen LogP) is 3.49. The summed E-state index contributed by atoms with van der Waals surface area (Å²) in [5.74, 6) is -0.295. The molecule has 2 rings (SSSR count). The molecule has 4 nitrogen and oxygen atoms in total. The second-order valence-corrected chi connectivity index (χ2v) is 4.35. The van der Waals surface area contributed by atoms with Gasteiger partial charge in [0.2, 0.25) is 5.88 Å². The first-order valence-electron chi connectivity index (χ1n) is 5.94. The Kier molecular flexibility index (Phi) is 3.84. The number of nitrogens with zero attached hydrogens (tertiary/aromatic N) is 1. The number of aryl methyl sites for hydroxylation is 1. The Bertz CT molecular complexity index is 683. The summed E-state index contributed by atoms with van der Waals surface area (Å²) < 4.78 is 43.3. The standard InChI is InChI=1S/C14H12F3N3O/c1-8-5-6-11(12(18)19)13(20-8)21-10-4-2-3-9(7-10)14(15,16)17/h2-7H,1H3,(H3,18,19). The molecule has 0 atom stereocenters. The molecule has 1 aromatic carbocycles. The Labute approximate surface area is 118 Å². The van der Waals surface area contributed by atoms with E-state index in [0.29, 0.717) is 5.69 Å². The Morgan fingerprint density at radius 1 is 1.24 bits per heavy atom. The molecule has 0 saturated heterocycles. The van der Waals surface area contributed by atoms with Crippen LogP contribution in [0.25, 0.3) is 0 Å². The van der Waals surface area contributed by atoms with E-state index in [1.807, 2.05) is 0 Å². The van der Waals surface area contributed by atoms with Crippen LogP contribution in [-0.4, -0.2) is 10.8 Å². The molecule has 0 bridgehead atoms. The van der Waals surface area contributed by atoms with Crippen LogP contribution in [0.15, 0.2) is 36.4 Å². The molecule has 1 heterocycles. The minimum absolute atomic E-state index is 0.00169. The topological polar surface area (TPSA) is 72.0 Å². The predicted molar refractivity (Wildman–Crippen MR) is 71.5 cm³/mol. The van der Waals surface area contributed by atoms with Crippen LogP contribution in [-0.2, 0) is 6.18 Å². The van der Waals surface area contributed by atoms with Crippen molar-refractivity contribution < 1.29 is 17.9 Å². The average Bonchev–Trinajstić information content (AvgIpc) is 2.37. The van der Waals surface area contributed by atoms with Gasteiger partial charge in [0.05, 0.1) is 11.1 Å². The maximum absolute atomic E-state index is 12.7. The molecule has 110 valence electrons. The van der Waals surface area contributed by atoms with Crippen molar-refractivity contribution in [1.82, 2.24) is 4.98 Å². The zero-order valence-electron chi connectivity index (χ0n) is 11.0. The maximum atomic E-state index is 12.7. The number of halogens is 3. The first-order chi connectivity index (χ1) is 9.77. The number of rotatable bonds is 3. The van der Waals surface area contributed by atoms with Gasteiger partial charge in [-0.05, 0) is 37.3 Å². The van der Waals surface area contributed by atoms with Gasteiger partial charge in [-0.2, -0.15) is 13.2 Å². The fourth-order valence-corrected chi connectivity index (χ4v) is 1.66. The van der Waals surface area contributed by atoms with Crippen LogP contribution < -0.4 is 10.5 Å². The van der Waals surface area contributed by atoms with Gasteiger partial charge in [-0.1, -0.05) is 6.07 Å². The summed E-state index contributed by atoms with van der Waals surface area (Å²) in [6.45, 7) is 1.70. The highest BCUT2D eigenvalue weighted by atomic mass is 19.4. The van der Waals surface area contributed by atoms with E-state index in [-0.39, 0.29) is 23.0 Å². The molecule has 0 aliphatic carbocycles. The van der Waals surface area contributed by atoms with Crippen LogP contribution >= 0.6 is 0 Å². The number of nitrogens with two attached hydrogens (primary N) is 1. The van der Waals surface area contributed by atoms with Gasteiger partial charge in [0.25, 0.3) is 0 Å². The molecule has 2 aromatic rings. The fourth-order valence-electron chi connectivity index (χ4n) is 1.66. The zero-order chi connectivity index (χ0) is 15.6. The Morgan fingerprint density at radius 2 is 1.95 bits per heavy atom. The fraction of sp³-hybridized carbons (Fsp3) is 0.143. The number of hydrogen-bond acceptors (Lipinski definition) is 3. The number of nitrogen functional groups attached to an aromatic ring is 1. The number of benzene rings is 1. The van der Waals surface area contributed by atoms with E-state index in [1.165, 1.54) is 18.2 Å². The summed E-state index contributed by atoms with van der Waals surface area (Å²) in [5.41, 5.74) is 5.40. The number of pyridine rings is 1. The van der Waals surface area contributed by atoms with Crippen molar-refractivity contribution in [2.24, 2.45) is 5.73 Å². The molecule has 3 N–H and O–H groups in total. The Hall–Kier alpha value is -2.57. The molecule has 0 radical (unpaired) electrons. The molecular formula is C14H12F3N3O. The molecule has 7 heteroatoms. The summed E-state index contributed by atoms with van der Waals surface area (Å²) in [6.07, 6.45) is -4.46. The van der Waals surface area contributed by atoms with Gasteiger partial charge >= 0.3 is 6.18 Å². The second-order valence-electron chi connectivity index (χ2n) is 4.35. The van der Waals surface area contributed by atoms with E-state index in [0.717, 1.165) is 12.1 Å². The lowest BCUT2D eigenvalue weighted by Crippen LogP contribution is -2.13. The molecule has 0 aliphatic heterocycles. The van der Waals surface area contributed by atoms with E-state index in [1.54, 1.807) is 13.0 Å². The van der Waals surface area contributed by atoms with Crippen LogP contribution in [0.4, 0.5) is 13.2 Å². The lowest BCUT2D eigenvalue weighted by molar-refractivity contribution is -0.137. The third-order valence-electron chi connectivity index (χ3n) is 2.67. The lowest BCUT2D eigenvalue weighted by Gasteiger charge is -2.12. The van der Waals surface area contributed by atoms with Crippen molar-refractivity contribution in [2.75, 3.05) is 0 Å². The molecule has 0 saturated carbocycles. The Balaban J connectivity index is 2.39. The molecule has 21 heavy (non-hydrogen) atoms. The molecule has 0 amide bonds. The molecular weight excluding hydrogens is 283 g/mol. The number of nitrogens with one attached hydrogen (secondary N) is 1. The third kappa shape index (κ3) is 3.50. The van der Waals surface area contributed by atoms with Crippen LogP contribution in [0.2, 0.25) is 0 Å². The average molecular weight is 295 g/mol. The summed E-state index contributed by atoms with van der Waals surface area (Å²) in [4.78, 5) is 4.06. The number of ether oxygens (including phenoxy) is 1. The van der Waals surface area contributed by atoms with Crippen molar-refractivity contribution in [3.63, 3.8) is 0 Å². The normalized spacial score (nSPS) is 11.2. The van der Waals surface area contributed by atoms with Gasteiger partial charge in [-0.15, -0.1) is 0 Å². The lowest BCUT2D eigenvalue weighted by atomic mass is 10.2. The maximum Gasteiger partial charge on any atom is 0.416 e. The van der Waals surface area contributed by atoms with E-state index < -0.39 is 11.7 Å². The summed E-state index contributed by atoms with van der Waals surface area (Å²) >= 11 is 0. The first-order valence-corrected chi connectivity index (χ1v) is 5.94. The van der Waals surface area contributed by atoms with E-state index >= 15 is 0 Å². The molecule has 0 spiro atoms. The number of amidine groups is 1. The quantitative estimate of drug-likeness (QED) is 0.672. The smallest absolute Gasteiger partial charge is 0.416 e. The highest BCUT2D eigenvalue weighted by molar-refractivity contribution is 5.97. The van der Waals surface area contributed by atoms with Crippen LogP contribution in [0.5, 0.6) is 11.6 Å². The van der Waals surface area contributed by atoms with Crippen LogP contribution in [0.3, 0.4) is 0 Å². The Morgan fingerprint density at radius 3 is 2.57 bits per heavy atom. The van der Waals surface area contributed by atoms with Gasteiger partial charge < -0.3 is 10.5 Å². The largest absolute Gasteiger partial charge is 0.438 e. The van der Waals surface area contributed by atoms with Crippen molar-refractivity contribution in [2.45, 2.75) is 13.1 Å². The number of alkyl halides is 3. The molecule has 0 aliphatic rings. The summed E-state index contributed by atoms with van der Waals surface area (Å²) in [6, 6.07) is 7.60. The minimum Gasteiger partial charge on any atom is -0.438 e. The van der Waals surface area contributed by atoms with Gasteiger partial charge in [-0.25, -0.2) is 4.98 Å². The monoisotopic (exact) mass is 295 g/mol. The van der Waals surface area contributed by atoms with Crippen LogP contribution in [0.1, 0.15) is 16.8 Å². The highest BCUT2D eigenvalue weighted by Gasteiger charge is 2.30. The SMILES string of the molecule is Cc1ccc(C(=N)N)c(Oc2cccc(C(F)(F)F)c2)n1. The second kappa shape index (κ2) is 5.43. The number of hydrogen-bond donors (Lipinski definition) is 2. The van der Waals surface area contributed by atoms with E-state index in [9.17, 15) is 13.2 Å². The molecule has 1 aromatic heterocycles. The van der Waals surface area contributed by atoms with Gasteiger partial charge in [0, 0.05) is 5.69 Å². The third-order valence-corrected chi connectivity index (χ3v) is 2.67. The van der Waals surface area contributed by atoms with Crippen molar-refractivity contribution in [3.05, 3.63) is 53.2 Å². The van der Waals surface area contributed by atoms with Gasteiger partial charge in [0.15, 0.2) is 0 Å². The molecule has 0 unspecified atom stereocenters. The molecule has 0 fully saturated rings. The highest BCUT2D eigenvalue weighted by Crippen LogP contribution is 2.32. The van der Waals surface area contributed by atoms with Crippen LogP contribution in [0, 0.1) is 12.3 Å². The summed E-state index contributed by atoms with van der Waals surface area (Å²) in [7, 11) is 0. The van der Waals surface area contributed by atoms with Gasteiger partial charge in [0.1, 0.15) is 11.6 Å². The summed E-state index contributed by atoms with van der Waals surface area (Å²) in [5, 5.41) is 7.43. The minimum atomic E-state index is -4.46. The van der Waals surface area contributed by atoms with Crippen molar-refractivity contribution >= 4 is 5.84 Å².